The maximum absolute atomic E-state index is 5.74. The number of nitrogens with zero attached hydrogens (tertiary/aromatic N) is 3. The Morgan fingerprint density at radius 1 is 1.37 bits per heavy atom. The largest absolute Gasteiger partial charge is 0.364 e. The van der Waals surface area contributed by atoms with E-state index in [-0.39, 0.29) is 5.54 Å². The highest BCUT2D eigenvalue weighted by Gasteiger charge is 2.17. The van der Waals surface area contributed by atoms with Gasteiger partial charge in [-0.15, -0.1) is 0 Å². The van der Waals surface area contributed by atoms with Gasteiger partial charge in [-0.05, 0) is 26.7 Å². The number of nitrogens with two attached hydrogens (primary N) is 1. The summed E-state index contributed by atoms with van der Waals surface area (Å²) in [5.41, 5.74) is 5.57. The lowest BCUT2D eigenvalue weighted by Crippen LogP contribution is -2.39. The highest BCUT2D eigenvalue weighted by atomic mass is 15.2. The van der Waals surface area contributed by atoms with Crippen LogP contribution in [0.1, 0.15) is 33.5 Å². The zero-order chi connectivity index (χ0) is 14.6. The van der Waals surface area contributed by atoms with Crippen LogP contribution in [0.5, 0.6) is 0 Å². The van der Waals surface area contributed by atoms with Crippen LogP contribution >= 0.6 is 0 Å². The predicted octanol–water partition coefficient (Wildman–Crippen LogP) is 2.03. The van der Waals surface area contributed by atoms with Crippen LogP contribution in [-0.2, 0) is 0 Å². The molecule has 1 heterocycles. The first kappa shape index (κ1) is 15.7. The quantitative estimate of drug-likeness (QED) is 0.824. The minimum absolute atomic E-state index is 0.172. The van der Waals surface area contributed by atoms with Gasteiger partial charge in [0.1, 0.15) is 17.5 Å². The molecular formula is C14H27N5. The first-order valence-corrected chi connectivity index (χ1v) is 6.78. The molecular weight excluding hydrogens is 238 g/mol. The van der Waals surface area contributed by atoms with Gasteiger partial charge in [-0.3, -0.25) is 0 Å². The molecule has 3 N–H and O–H groups in total. The molecule has 0 saturated carbocycles. The summed E-state index contributed by atoms with van der Waals surface area (Å²) in [7, 11) is 2.06. The average Bonchev–Trinajstić information content (AvgIpc) is 2.26. The molecule has 1 aromatic heterocycles. The van der Waals surface area contributed by atoms with Gasteiger partial charge in [0.05, 0.1) is 0 Å². The van der Waals surface area contributed by atoms with Crippen LogP contribution in [0.2, 0.25) is 0 Å². The van der Waals surface area contributed by atoms with E-state index in [9.17, 15) is 0 Å². The molecule has 0 spiro atoms. The molecule has 5 nitrogen and oxygen atoms in total. The fraction of sp³-hybridized carbons (Fsp3) is 0.714. The molecule has 0 fully saturated rings. The molecule has 5 heteroatoms. The highest BCUT2D eigenvalue weighted by molar-refractivity contribution is 5.50. The summed E-state index contributed by atoms with van der Waals surface area (Å²) in [4.78, 5) is 11.1. The van der Waals surface area contributed by atoms with Gasteiger partial charge in [0.25, 0.3) is 0 Å². The second-order valence-electron chi connectivity index (χ2n) is 6.15. The molecule has 0 amide bonds. The predicted molar refractivity (Wildman–Crippen MR) is 81.6 cm³/mol. The third kappa shape index (κ3) is 5.03. The van der Waals surface area contributed by atoms with Gasteiger partial charge in [-0.25, -0.2) is 9.97 Å². The van der Waals surface area contributed by atoms with Crippen molar-refractivity contribution in [1.82, 2.24) is 9.97 Å². The van der Waals surface area contributed by atoms with Crippen LogP contribution in [0, 0.1) is 12.8 Å². The number of aryl methyl sites for hydroxylation is 1. The number of hydrogen-bond donors (Lipinski definition) is 2. The number of nitrogens with one attached hydrogen (secondary N) is 1. The van der Waals surface area contributed by atoms with Gasteiger partial charge in [-0.2, -0.15) is 0 Å². The van der Waals surface area contributed by atoms with E-state index in [4.69, 9.17) is 5.73 Å². The molecule has 19 heavy (non-hydrogen) atoms. The number of hydrogen-bond acceptors (Lipinski definition) is 5. The summed E-state index contributed by atoms with van der Waals surface area (Å²) < 4.78 is 0. The Bertz CT molecular complexity index is 414. The number of rotatable bonds is 6. The molecule has 0 aliphatic rings. The van der Waals surface area contributed by atoms with E-state index < -0.39 is 0 Å². The minimum atomic E-state index is -0.172. The summed E-state index contributed by atoms with van der Waals surface area (Å²) in [6.07, 6.45) is 0. The first-order chi connectivity index (χ1) is 8.73. The second kappa shape index (κ2) is 6.19. The van der Waals surface area contributed by atoms with E-state index in [1.54, 1.807) is 0 Å². The molecule has 0 radical (unpaired) electrons. The summed E-state index contributed by atoms with van der Waals surface area (Å²) in [6.45, 7) is 11.9. The van der Waals surface area contributed by atoms with Gasteiger partial charge < -0.3 is 16.0 Å². The Labute approximate surface area is 116 Å². The van der Waals surface area contributed by atoms with Gasteiger partial charge >= 0.3 is 0 Å². The maximum atomic E-state index is 5.74. The standard InChI is InChI=1S/C14H27N5/c1-10(2)8-19(6)13-7-12(16-11(3)17-13)18-14(4,5)9-15/h7,10H,8-9,15H2,1-6H3,(H,16,17,18). The van der Waals surface area contributed by atoms with E-state index in [2.05, 4.69) is 54.9 Å². The lowest BCUT2D eigenvalue weighted by Gasteiger charge is -2.26. The third-order valence-corrected chi connectivity index (χ3v) is 2.83. The molecule has 1 aromatic rings. The normalized spacial score (nSPS) is 11.8. The lowest BCUT2D eigenvalue weighted by atomic mass is 10.1. The molecule has 1 rings (SSSR count). The summed E-state index contributed by atoms with van der Waals surface area (Å²) in [6, 6.07) is 1.98. The van der Waals surface area contributed by atoms with E-state index >= 15 is 0 Å². The molecule has 0 unspecified atom stereocenters. The van der Waals surface area contributed by atoms with Crippen molar-refractivity contribution in [3.63, 3.8) is 0 Å². The minimum Gasteiger partial charge on any atom is -0.364 e. The van der Waals surface area contributed by atoms with Gasteiger partial charge in [0.2, 0.25) is 0 Å². The molecule has 0 aliphatic carbocycles. The molecule has 0 saturated heterocycles. The molecule has 0 atom stereocenters. The monoisotopic (exact) mass is 265 g/mol. The van der Waals surface area contributed by atoms with Crippen LogP contribution < -0.4 is 16.0 Å². The fourth-order valence-electron chi connectivity index (χ4n) is 1.85. The summed E-state index contributed by atoms with van der Waals surface area (Å²) in [5, 5.41) is 3.35. The van der Waals surface area contributed by atoms with Gasteiger partial charge in [-0.1, -0.05) is 13.8 Å². The highest BCUT2D eigenvalue weighted by Crippen LogP contribution is 2.18. The molecule has 0 aliphatic heterocycles. The Morgan fingerprint density at radius 2 is 2.00 bits per heavy atom. The van der Waals surface area contributed by atoms with Crippen LogP contribution in [-0.4, -0.2) is 35.6 Å². The second-order valence-corrected chi connectivity index (χ2v) is 6.15. The lowest BCUT2D eigenvalue weighted by molar-refractivity contribution is 0.576. The first-order valence-electron chi connectivity index (χ1n) is 6.78. The Morgan fingerprint density at radius 3 is 2.53 bits per heavy atom. The van der Waals surface area contributed by atoms with Crippen molar-refractivity contribution in [3.05, 3.63) is 11.9 Å². The third-order valence-electron chi connectivity index (χ3n) is 2.83. The van der Waals surface area contributed by atoms with Crippen molar-refractivity contribution in [1.29, 1.82) is 0 Å². The SMILES string of the molecule is Cc1nc(NC(C)(C)CN)cc(N(C)CC(C)C)n1. The number of anilines is 2. The molecule has 108 valence electrons. The van der Waals surface area contributed by atoms with E-state index in [1.807, 2.05) is 13.0 Å². The zero-order valence-corrected chi connectivity index (χ0v) is 13.0. The van der Waals surface area contributed by atoms with E-state index in [0.717, 1.165) is 24.0 Å². The molecule has 0 bridgehead atoms. The van der Waals surface area contributed by atoms with E-state index in [0.29, 0.717) is 12.5 Å². The van der Waals surface area contributed by atoms with Crippen molar-refractivity contribution >= 4 is 11.6 Å². The van der Waals surface area contributed by atoms with Crippen molar-refractivity contribution in [2.45, 2.75) is 40.2 Å². The van der Waals surface area contributed by atoms with Crippen molar-refractivity contribution in [3.8, 4) is 0 Å². The van der Waals surface area contributed by atoms with Crippen LogP contribution in [0.15, 0.2) is 6.07 Å². The van der Waals surface area contributed by atoms with Gasteiger partial charge in [0.15, 0.2) is 0 Å². The Balaban J connectivity index is 2.94. The summed E-state index contributed by atoms with van der Waals surface area (Å²) >= 11 is 0. The van der Waals surface area contributed by atoms with Crippen molar-refractivity contribution < 1.29 is 0 Å². The van der Waals surface area contributed by atoms with Crippen LogP contribution in [0.3, 0.4) is 0 Å². The average molecular weight is 265 g/mol. The number of aromatic nitrogens is 2. The Kier molecular flexibility index (Phi) is 5.11. The van der Waals surface area contributed by atoms with Gasteiger partial charge in [0, 0.05) is 31.7 Å². The van der Waals surface area contributed by atoms with E-state index in [1.165, 1.54) is 0 Å². The smallest absolute Gasteiger partial charge is 0.134 e. The van der Waals surface area contributed by atoms with Crippen LogP contribution in [0.4, 0.5) is 11.6 Å². The van der Waals surface area contributed by atoms with Crippen molar-refractivity contribution in [2.75, 3.05) is 30.4 Å². The zero-order valence-electron chi connectivity index (χ0n) is 13.0. The molecule has 0 aromatic carbocycles. The Hall–Kier alpha value is -1.36. The fourth-order valence-corrected chi connectivity index (χ4v) is 1.85. The topological polar surface area (TPSA) is 67.1 Å². The summed E-state index contributed by atoms with van der Waals surface area (Å²) in [5.74, 6) is 3.13. The maximum Gasteiger partial charge on any atom is 0.134 e. The van der Waals surface area contributed by atoms with Crippen molar-refractivity contribution in [2.24, 2.45) is 11.7 Å². The van der Waals surface area contributed by atoms with Crippen LogP contribution in [0.25, 0.3) is 0 Å².